The molecule has 4 aromatic rings. The Bertz CT molecular complexity index is 2640. The van der Waals surface area contributed by atoms with Crippen LogP contribution >= 0.6 is 23.6 Å². The van der Waals surface area contributed by atoms with Gasteiger partial charge in [-0.1, -0.05) is 45.0 Å². The summed E-state index contributed by atoms with van der Waals surface area (Å²) in [5.74, 6) is -0.758. The number of nitriles is 1. The van der Waals surface area contributed by atoms with Crippen molar-refractivity contribution in [3.8, 4) is 22.3 Å². The van der Waals surface area contributed by atoms with Gasteiger partial charge in [0.1, 0.15) is 30.0 Å². The fourth-order valence-electron chi connectivity index (χ4n) is 9.39. The number of aromatic nitrogens is 1. The number of carbonyl (C=O) groups is 4. The van der Waals surface area contributed by atoms with E-state index in [1.54, 1.807) is 51.5 Å². The number of alkyl halides is 3. The molecule has 3 aliphatic rings. The number of unbranched alkanes of at least 4 members (excludes halogenated alkanes) is 1. The number of carbonyl (C=O) groups excluding carboxylic acids is 4. The Morgan fingerprint density at radius 2 is 1.60 bits per heavy atom. The summed E-state index contributed by atoms with van der Waals surface area (Å²) in [6.07, 6.45) is -0.771. The number of hydrogen-bond donors (Lipinski definition) is 2. The molecule has 3 saturated heterocycles. The molecule has 3 aliphatic heterocycles. The molecule has 73 heavy (non-hydrogen) atoms. The summed E-state index contributed by atoms with van der Waals surface area (Å²) >= 11 is 7.43. The highest BCUT2D eigenvalue weighted by Crippen LogP contribution is 2.44. The van der Waals surface area contributed by atoms with Gasteiger partial charge < -0.3 is 39.5 Å². The molecule has 2 N–H and O–H groups in total. The van der Waals surface area contributed by atoms with Crippen LogP contribution in [-0.4, -0.2) is 121 Å². The maximum atomic E-state index is 14.3. The summed E-state index contributed by atoms with van der Waals surface area (Å²) in [6.45, 7) is 10.9. The summed E-state index contributed by atoms with van der Waals surface area (Å²) in [4.78, 5) is 66.7. The lowest BCUT2D eigenvalue weighted by atomic mass is 9.85. The minimum absolute atomic E-state index is 0.0470. The summed E-state index contributed by atoms with van der Waals surface area (Å²) in [6, 6.07) is 18.4. The van der Waals surface area contributed by atoms with Gasteiger partial charge in [0.25, 0.3) is 5.91 Å². The molecule has 20 heteroatoms. The second-order valence-electron chi connectivity index (χ2n) is 19.7. The van der Waals surface area contributed by atoms with Gasteiger partial charge in [0.05, 0.1) is 45.6 Å². The Balaban J connectivity index is 0.797. The molecule has 4 amide bonds. The van der Waals surface area contributed by atoms with E-state index in [9.17, 15) is 37.6 Å². The largest absolute Gasteiger partial charge is 0.494 e. The van der Waals surface area contributed by atoms with Crippen molar-refractivity contribution in [2.75, 3.05) is 69.5 Å². The molecule has 1 unspecified atom stereocenters. The number of ether oxygens (including phenoxy) is 3. The molecule has 15 nitrogen and oxygen atoms in total. The molecule has 0 bridgehead atoms. The number of hydrogen-bond acceptors (Lipinski definition) is 12. The van der Waals surface area contributed by atoms with Gasteiger partial charge in [-0.25, -0.2) is 4.98 Å². The third-order valence-corrected chi connectivity index (χ3v) is 14.8. The van der Waals surface area contributed by atoms with Gasteiger partial charge in [0, 0.05) is 51.7 Å². The van der Waals surface area contributed by atoms with Crippen molar-refractivity contribution in [2.24, 2.45) is 5.41 Å². The Kier molecular flexibility index (Phi) is 18.0. The van der Waals surface area contributed by atoms with Crippen molar-refractivity contribution < 1.29 is 46.6 Å². The summed E-state index contributed by atoms with van der Waals surface area (Å²) in [7, 11) is 1.95. The molecular formula is C53H63F3N8O7S2. The third-order valence-electron chi connectivity index (χ3n) is 13.5. The second kappa shape index (κ2) is 23.9. The lowest BCUT2D eigenvalue weighted by molar-refractivity contribution is -0.144. The fraction of sp³-hybridized carbons (Fsp3) is 0.491. The Labute approximate surface area is 433 Å². The molecule has 390 valence electrons. The van der Waals surface area contributed by atoms with E-state index in [0.717, 1.165) is 45.2 Å². The van der Waals surface area contributed by atoms with E-state index < -0.39 is 52.2 Å². The molecule has 3 fully saturated rings. The normalized spacial score (nSPS) is 17.5. The Morgan fingerprint density at radius 3 is 2.26 bits per heavy atom. The summed E-state index contributed by atoms with van der Waals surface area (Å²) < 4.78 is 59.2. The average molecular weight is 1050 g/mol. The van der Waals surface area contributed by atoms with Crippen molar-refractivity contribution in [2.45, 2.75) is 103 Å². The summed E-state index contributed by atoms with van der Waals surface area (Å²) in [5.41, 5.74) is 1.97. The van der Waals surface area contributed by atoms with E-state index in [4.69, 9.17) is 26.4 Å². The molecule has 4 heterocycles. The number of amides is 4. The number of aryl methyl sites for hydroxylation is 1. The van der Waals surface area contributed by atoms with Gasteiger partial charge in [-0.15, -0.1) is 11.3 Å². The highest BCUT2D eigenvalue weighted by molar-refractivity contribution is 7.81. The van der Waals surface area contributed by atoms with E-state index in [0.29, 0.717) is 96.0 Å². The topological polar surface area (TPSA) is 170 Å². The first-order chi connectivity index (χ1) is 34.8. The van der Waals surface area contributed by atoms with Crippen LogP contribution in [0.1, 0.15) is 88.1 Å². The van der Waals surface area contributed by atoms with Crippen molar-refractivity contribution in [3.05, 3.63) is 94.6 Å². The first-order valence-electron chi connectivity index (χ1n) is 24.6. The number of likely N-dealkylation sites (tertiary alicyclic amines) is 2. The number of anilines is 2. The zero-order valence-corrected chi connectivity index (χ0v) is 43.5. The smallest absolute Gasteiger partial charge is 0.417 e. The van der Waals surface area contributed by atoms with Gasteiger partial charge in [-0.3, -0.25) is 24.1 Å². The van der Waals surface area contributed by atoms with E-state index in [1.165, 1.54) is 6.07 Å². The van der Waals surface area contributed by atoms with Crippen LogP contribution in [0.4, 0.5) is 24.5 Å². The molecule has 3 aromatic carbocycles. The SMILES string of the molecule is Cc1ncsc1-c1ccc(CNC(=O)[C@@H]2CCCN2C(=O)C(NC(=O)COCCCOCCCCOc2ccc(N3C(=S)N(c4ccc(C#N)c(C(F)(F)F)c4)C(=O)C34CCN(C)CC4)cc2)C(C)(C)C)cc1. The highest BCUT2D eigenvalue weighted by Gasteiger charge is 2.57. The molecule has 1 aromatic heterocycles. The molecule has 0 aliphatic carbocycles. The number of thiocarbonyl (C=S) groups is 1. The number of thiazole rings is 1. The monoisotopic (exact) mass is 1040 g/mol. The Hall–Kier alpha value is -5.98. The van der Waals surface area contributed by atoms with Gasteiger partial charge in [0.2, 0.25) is 17.7 Å². The second-order valence-corrected chi connectivity index (χ2v) is 21.0. The van der Waals surface area contributed by atoms with Crippen molar-refractivity contribution in [1.29, 1.82) is 5.26 Å². The lowest BCUT2D eigenvalue weighted by Crippen LogP contribution is -2.58. The van der Waals surface area contributed by atoms with Gasteiger partial charge in [-0.2, -0.15) is 18.4 Å². The average Bonchev–Trinajstić information content (AvgIpc) is 4.09. The minimum Gasteiger partial charge on any atom is -0.494 e. The number of rotatable bonds is 20. The van der Waals surface area contributed by atoms with Gasteiger partial charge >= 0.3 is 6.18 Å². The predicted molar refractivity (Wildman–Crippen MR) is 276 cm³/mol. The maximum Gasteiger partial charge on any atom is 0.417 e. The van der Waals surface area contributed by atoms with E-state index in [1.807, 2.05) is 64.5 Å². The molecular weight excluding hydrogens is 982 g/mol. The van der Waals surface area contributed by atoms with E-state index in [2.05, 4.69) is 20.5 Å². The molecule has 1 spiro atoms. The standard InChI is InChI=1S/C53H63F3N8O7S2/c1-35-45(73-34-59-35)37-13-11-36(12-14-37)32-58-47(66)43-10-8-23-62(43)48(67)46(51(2,3)4)60-44(65)33-70-28-9-27-69-26-6-7-29-71-41-19-17-39(18-20-41)64-50(72)63(49(68)52(64)21-24-61(5)25-22-52)40-16-15-38(31-57)42(30-40)53(54,55)56/h11-20,30,34,43,46H,6-10,21-29,32-33H2,1-5H3,(H,58,66)(H,60,65)/t43-,46?/m0/s1. The molecule has 0 saturated carbocycles. The van der Waals surface area contributed by atoms with Crippen LogP contribution in [0, 0.1) is 23.7 Å². The maximum absolute atomic E-state index is 14.3. The summed E-state index contributed by atoms with van der Waals surface area (Å²) in [5, 5.41) is 15.3. The van der Waals surface area contributed by atoms with Crippen LogP contribution in [0.2, 0.25) is 0 Å². The number of piperidine rings is 1. The highest BCUT2D eigenvalue weighted by atomic mass is 32.1. The van der Waals surface area contributed by atoms with Crippen molar-refractivity contribution in [1.82, 2.24) is 25.4 Å². The van der Waals surface area contributed by atoms with Crippen LogP contribution in [0.25, 0.3) is 10.4 Å². The first-order valence-corrected chi connectivity index (χ1v) is 25.8. The van der Waals surface area contributed by atoms with Crippen LogP contribution in [0.5, 0.6) is 5.75 Å². The number of nitrogens with one attached hydrogen (secondary N) is 2. The molecule has 7 rings (SSSR count). The van der Waals surface area contributed by atoms with Crippen molar-refractivity contribution >= 4 is 63.7 Å². The predicted octanol–water partition coefficient (Wildman–Crippen LogP) is 8.03. The molecule has 2 atom stereocenters. The van der Waals surface area contributed by atoms with Gasteiger partial charge in [0.15, 0.2) is 5.11 Å². The molecule has 0 radical (unpaired) electrons. The number of halogens is 3. The number of nitrogens with zero attached hydrogens (tertiary/aromatic N) is 6. The third kappa shape index (κ3) is 13.0. The number of benzene rings is 3. The zero-order valence-electron chi connectivity index (χ0n) is 41.9. The quantitative estimate of drug-likeness (QED) is 0.0647. The Morgan fingerprint density at radius 1 is 0.932 bits per heavy atom. The minimum atomic E-state index is -4.80. The van der Waals surface area contributed by atoms with Crippen LogP contribution in [-0.2, 0) is 41.4 Å². The first kappa shape index (κ1) is 54.8. The van der Waals surface area contributed by atoms with Crippen LogP contribution < -0.4 is 25.2 Å². The van der Waals surface area contributed by atoms with E-state index >= 15 is 0 Å². The van der Waals surface area contributed by atoms with Crippen LogP contribution in [0.15, 0.2) is 72.2 Å². The van der Waals surface area contributed by atoms with Crippen molar-refractivity contribution in [3.63, 3.8) is 0 Å². The van der Waals surface area contributed by atoms with E-state index in [-0.39, 0.29) is 35.8 Å². The fourth-order valence-corrected chi connectivity index (χ4v) is 10.7. The lowest BCUT2D eigenvalue weighted by Gasteiger charge is -2.41. The zero-order chi connectivity index (χ0) is 52.5. The van der Waals surface area contributed by atoms with Gasteiger partial charge in [-0.05, 0) is 130 Å². The van der Waals surface area contributed by atoms with Crippen LogP contribution in [0.3, 0.4) is 0 Å².